The van der Waals surface area contributed by atoms with Crippen molar-refractivity contribution >= 4 is 23.1 Å². The number of hydrogen-bond donors (Lipinski definition) is 1. The molecule has 0 aliphatic carbocycles. The average Bonchev–Trinajstić information content (AvgIpc) is 2.54. The van der Waals surface area contributed by atoms with E-state index in [2.05, 4.69) is 9.71 Å². The second kappa shape index (κ2) is 8.31. The first kappa shape index (κ1) is 23.8. The van der Waals surface area contributed by atoms with Crippen LogP contribution in [0.4, 0.5) is 23.7 Å². The lowest BCUT2D eigenvalue weighted by Gasteiger charge is -2.32. The molecule has 2 rings (SSSR count). The summed E-state index contributed by atoms with van der Waals surface area (Å²) < 4.78 is 59.9. The molecule has 0 saturated heterocycles. The van der Waals surface area contributed by atoms with Gasteiger partial charge in [0.05, 0.1) is 17.1 Å². The molecule has 1 amide bonds. The van der Waals surface area contributed by atoms with Crippen LogP contribution in [-0.4, -0.2) is 38.7 Å². The van der Waals surface area contributed by atoms with Gasteiger partial charge in [-0.3, -0.25) is 9.88 Å². The highest BCUT2D eigenvalue weighted by Crippen LogP contribution is 2.36. The van der Waals surface area contributed by atoms with Crippen molar-refractivity contribution in [2.45, 2.75) is 77.0 Å². The van der Waals surface area contributed by atoms with Crippen molar-refractivity contribution in [2.75, 3.05) is 11.4 Å². The van der Waals surface area contributed by atoms with Crippen LogP contribution < -0.4 is 9.62 Å². The number of amides is 1. The molecule has 6 nitrogen and oxygen atoms in total. The van der Waals surface area contributed by atoms with Gasteiger partial charge in [0.15, 0.2) is 6.04 Å². The van der Waals surface area contributed by atoms with Crippen molar-refractivity contribution in [2.24, 2.45) is 0 Å². The van der Waals surface area contributed by atoms with Gasteiger partial charge in [0, 0.05) is 17.9 Å². The maximum absolute atomic E-state index is 13.7. The van der Waals surface area contributed by atoms with Gasteiger partial charge >= 0.3 is 12.3 Å². The van der Waals surface area contributed by atoms with E-state index in [0.29, 0.717) is 30.8 Å². The van der Waals surface area contributed by atoms with Crippen LogP contribution in [0.2, 0.25) is 0 Å². The lowest BCUT2D eigenvalue weighted by molar-refractivity contribution is -0.153. The summed E-state index contributed by atoms with van der Waals surface area (Å²) in [6, 6.07) is 0.484. The average molecular weight is 436 g/mol. The molecule has 1 N–H and O–H groups in total. The van der Waals surface area contributed by atoms with Gasteiger partial charge in [-0.15, -0.1) is 4.72 Å². The third-order valence-corrected chi connectivity index (χ3v) is 5.64. The summed E-state index contributed by atoms with van der Waals surface area (Å²) in [5.74, 6) is 0. The molecule has 1 aromatic heterocycles. The van der Waals surface area contributed by atoms with Crippen molar-refractivity contribution in [1.82, 2.24) is 9.71 Å². The standard InChI is InChI=1S/C19H28F3N3O3S/c1-17(2,3)28-16(26)25-11-7-8-12-14(25)10-9-13(23-12)15(19(20,21)22)24-29(27)18(4,5)6/h9-10,15,24H,7-8,11H2,1-6H3/t15?,29-/m0/s1. The van der Waals surface area contributed by atoms with Gasteiger partial charge < -0.3 is 9.29 Å². The zero-order chi connectivity index (χ0) is 22.2. The van der Waals surface area contributed by atoms with E-state index in [1.807, 2.05) is 0 Å². The minimum atomic E-state index is -4.68. The summed E-state index contributed by atoms with van der Waals surface area (Å²) in [6.45, 7) is 10.4. The third kappa shape index (κ3) is 6.23. The number of rotatable bonds is 3. The number of alkyl halides is 3. The zero-order valence-corrected chi connectivity index (χ0v) is 18.3. The highest BCUT2D eigenvalue weighted by Gasteiger charge is 2.47. The van der Waals surface area contributed by atoms with Crippen molar-refractivity contribution < 1.29 is 27.3 Å². The van der Waals surface area contributed by atoms with E-state index in [9.17, 15) is 22.5 Å². The molecule has 0 aromatic carbocycles. The highest BCUT2D eigenvalue weighted by molar-refractivity contribution is 7.90. The quantitative estimate of drug-likeness (QED) is 0.711. The number of pyridine rings is 1. The van der Waals surface area contributed by atoms with Crippen LogP contribution in [0.5, 0.6) is 0 Å². The first-order chi connectivity index (χ1) is 13.1. The van der Waals surface area contributed by atoms with E-state index >= 15 is 0 Å². The van der Waals surface area contributed by atoms with Crippen LogP contribution in [-0.2, 0) is 22.5 Å². The predicted molar refractivity (Wildman–Crippen MR) is 106 cm³/mol. The smallest absolute Gasteiger partial charge is 0.414 e. The molecule has 1 aliphatic heterocycles. The Bertz CT molecular complexity index is 745. The summed E-state index contributed by atoms with van der Waals surface area (Å²) >= 11 is -1.94. The molecule has 0 spiro atoms. The molecule has 2 heterocycles. The number of aromatic nitrogens is 1. The molecular weight excluding hydrogens is 407 g/mol. The Morgan fingerprint density at radius 3 is 2.38 bits per heavy atom. The number of nitrogens with zero attached hydrogens (tertiary/aromatic N) is 2. The Hall–Kier alpha value is -1.52. The second-order valence-electron chi connectivity index (χ2n) is 8.91. The van der Waals surface area contributed by atoms with Gasteiger partial charge in [-0.05, 0) is 66.5 Å². The van der Waals surface area contributed by atoms with E-state index in [1.165, 1.54) is 17.0 Å². The lowest BCUT2D eigenvalue weighted by atomic mass is 10.1. The van der Waals surface area contributed by atoms with E-state index < -0.39 is 40.0 Å². The maximum atomic E-state index is 13.7. The summed E-state index contributed by atoms with van der Waals surface area (Å²) in [7, 11) is 0. The number of halogens is 3. The monoisotopic (exact) mass is 435 g/mol. The highest BCUT2D eigenvalue weighted by atomic mass is 32.2. The molecule has 29 heavy (non-hydrogen) atoms. The van der Waals surface area contributed by atoms with Gasteiger partial charge in [0.1, 0.15) is 10.3 Å². The fourth-order valence-electron chi connectivity index (χ4n) is 2.71. The number of ether oxygens (including phenoxy) is 1. The summed E-state index contributed by atoms with van der Waals surface area (Å²) in [4.78, 5) is 18.0. The Balaban J connectivity index is 2.35. The van der Waals surface area contributed by atoms with Gasteiger partial charge in [0.25, 0.3) is 0 Å². The van der Waals surface area contributed by atoms with E-state index in [1.54, 1.807) is 41.5 Å². The van der Waals surface area contributed by atoms with Crippen LogP contribution in [0.15, 0.2) is 12.1 Å². The maximum Gasteiger partial charge on any atom is 0.414 e. The third-order valence-electron chi connectivity index (χ3n) is 4.08. The fourth-order valence-corrected chi connectivity index (χ4v) is 3.53. The predicted octanol–water partition coefficient (Wildman–Crippen LogP) is 4.42. The molecule has 1 unspecified atom stereocenters. The summed E-state index contributed by atoms with van der Waals surface area (Å²) in [6.07, 6.45) is -4.25. The van der Waals surface area contributed by atoms with Gasteiger partial charge in [0.2, 0.25) is 0 Å². The van der Waals surface area contributed by atoms with Crippen LogP contribution in [0, 0.1) is 0 Å². The topological polar surface area (TPSA) is 77.5 Å². The summed E-state index contributed by atoms with van der Waals surface area (Å²) in [5, 5.41) is 0. The molecule has 0 bridgehead atoms. The van der Waals surface area contributed by atoms with Crippen molar-refractivity contribution in [1.29, 1.82) is 0 Å². The van der Waals surface area contributed by atoms with Gasteiger partial charge in [-0.25, -0.2) is 4.79 Å². The Morgan fingerprint density at radius 1 is 1.24 bits per heavy atom. The second-order valence-corrected chi connectivity index (χ2v) is 10.9. The molecular formula is C19H28F3N3O3S. The van der Waals surface area contributed by atoms with Gasteiger partial charge in [-0.1, -0.05) is 0 Å². The van der Waals surface area contributed by atoms with E-state index in [4.69, 9.17) is 4.74 Å². The zero-order valence-electron chi connectivity index (χ0n) is 17.5. The molecule has 0 saturated carbocycles. The fraction of sp³-hybridized carbons (Fsp3) is 0.684. The van der Waals surface area contributed by atoms with Crippen molar-refractivity contribution in [3.05, 3.63) is 23.5 Å². The summed E-state index contributed by atoms with van der Waals surface area (Å²) in [5.41, 5.74) is -0.145. The first-order valence-corrected chi connectivity index (χ1v) is 10.5. The molecule has 1 aliphatic rings. The van der Waals surface area contributed by atoms with Gasteiger partial charge in [-0.2, -0.15) is 13.2 Å². The van der Waals surface area contributed by atoms with Crippen LogP contribution in [0.3, 0.4) is 0 Å². The largest absolute Gasteiger partial charge is 0.598 e. The van der Waals surface area contributed by atoms with Crippen LogP contribution >= 0.6 is 0 Å². The first-order valence-electron chi connectivity index (χ1n) is 9.35. The SMILES string of the molecule is CC(C)(C)OC(=O)N1CCCc2nc(C(N[S@@+]([O-])C(C)(C)C)C(F)(F)F)ccc21. The van der Waals surface area contributed by atoms with Crippen molar-refractivity contribution in [3.63, 3.8) is 0 Å². The number of aryl methyl sites for hydroxylation is 1. The number of fused-ring (bicyclic) bond motifs is 1. The Kier molecular flexibility index (Phi) is 6.81. The normalized spacial score (nSPS) is 17.5. The molecule has 0 fully saturated rings. The lowest BCUT2D eigenvalue weighted by Crippen LogP contribution is -2.46. The minimum absolute atomic E-state index is 0.278. The molecule has 2 atom stereocenters. The number of carbonyl (C=O) groups excluding carboxylic acids is 1. The number of hydrogen-bond acceptors (Lipinski definition) is 5. The molecule has 10 heteroatoms. The van der Waals surface area contributed by atoms with Crippen LogP contribution in [0.1, 0.15) is 65.4 Å². The van der Waals surface area contributed by atoms with Crippen LogP contribution in [0.25, 0.3) is 0 Å². The number of carbonyl (C=O) groups is 1. The van der Waals surface area contributed by atoms with E-state index in [-0.39, 0.29) is 5.69 Å². The Morgan fingerprint density at radius 2 is 1.86 bits per heavy atom. The minimum Gasteiger partial charge on any atom is -0.598 e. The molecule has 164 valence electrons. The number of nitrogens with one attached hydrogen (secondary N) is 1. The number of anilines is 1. The molecule has 1 aromatic rings. The van der Waals surface area contributed by atoms with E-state index in [0.717, 1.165) is 0 Å². The molecule has 0 radical (unpaired) electrons. The van der Waals surface area contributed by atoms with Crippen molar-refractivity contribution in [3.8, 4) is 0 Å². The Labute approximate surface area is 172 Å².